The van der Waals surface area contributed by atoms with Crippen LogP contribution in [0.5, 0.6) is 0 Å². The number of rotatable bonds is 6. The summed E-state index contributed by atoms with van der Waals surface area (Å²) in [6, 6.07) is 66.3. The van der Waals surface area contributed by atoms with Crippen molar-refractivity contribution < 1.29 is 0 Å². The molecule has 0 radical (unpaired) electrons. The minimum atomic E-state index is 0.955. The van der Waals surface area contributed by atoms with Gasteiger partial charge in [0.2, 0.25) is 0 Å². The zero-order chi connectivity index (χ0) is 36.4. The first-order valence-electron chi connectivity index (χ1n) is 19.1. The lowest BCUT2D eigenvalue weighted by Crippen LogP contribution is -2.17. The van der Waals surface area contributed by atoms with Gasteiger partial charge in [-0.1, -0.05) is 153 Å². The second kappa shape index (κ2) is 14.4. The van der Waals surface area contributed by atoms with Gasteiger partial charge in [-0.15, -0.1) is 0 Å². The molecule has 1 heterocycles. The Kier molecular flexibility index (Phi) is 8.86. The monoisotopic (exact) mass is 694 g/mol. The smallest absolute Gasteiger partial charge is 0.0547 e. The summed E-state index contributed by atoms with van der Waals surface area (Å²) in [5.41, 5.74) is 12.3. The van der Waals surface area contributed by atoms with Crippen LogP contribution < -0.4 is 4.90 Å². The summed E-state index contributed by atoms with van der Waals surface area (Å²) in [7, 11) is 0. The van der Waals surface area contributed by atoms with Crippen LogP contribution in [-0.4, -0.2) is 4.57 Å². The standard InChI is InChI=1S/C50H36N2.C2H6/c1-3-11-35(12-4-1)36-21-27-42(28-22-36)51(44-31-25-39-20-19-38-13-7-8-16-45(38)48(39)34-44)43-29-23-37(24-30-43)40-26-32-47-46-17-9-10-18-49(46)52(50(47)33-40)41-14-5-2-6-15-41;1-2/h1-21,23-27,29-34H,22,28H2;1-2H3. The van der Waals surface area contributed by atoms with Gasteiger partial charge in [0.15, 0.2) is 0 Å². The van der Waals surface area contributed by atoms with Crippen molar-refractivity contribution in [3.63, 3.8) is 0 Å². The third kappa shape index (κ3) is 5.96. The Hall–Kier alpha value is -6.64. The molecule has 9 aromatic rings. The van der Waals surface area contributed by atoms with Crippen LogP contribution in [0.2, 0.25) is 0 Å². The number of hydrogen-bond acceptors (Lipinski definition) is 1. The molecule has 0 atom stereocenters. The predicted octanol–water partition coefficient (Wildman–Crippen LogP) is 14.7. The second-order valence-corrected chi connectivity index (χ2v) is 13.7. The van der Waals surface area contributed by atoms with E-state index in [0.717, 1.165) is 18.5 Å². The molecule has 0 fully saturated rings. The number of nitrogens with zero attached hydrogens (tertiary/aromatic N) is 2. The Balaban J connectivity index is 0.00000189. The first-order valence-corrected chi connectivity index (χ1v) is 19.1. The highest BCUT2D eigenvalue weighted by atomic mass is 15.1. The van der Waals surface area contributed by atoms with Gasteiger partial charge in [-0.05, 0) is 111 Å². The van der Waals surface area contributed by atoms with Gasteiger partial charge in [-0.3, -0.25) is 0 Å². The Morgan fingerprint density at radius 2 is 1.02 bits per heavy atom. The van der Waals surface area contributed by atoms with Gasteiger partial charge in [-0.2, -0.15) is 0 Å². The van der Waals surface area contributed by atoms with E-state index in [1.165, 1.54) is 82.7 Å². The summed E-state index contributed by atoms with van der Waals surface area (Å²) in [6.07, 6.45) is 6.59. The molecular weight excluding hydrogens is 653 g/mol. The summed E-state index contributed by atoms with van der Waals surface area (Å²) in [6.45, 7) is 4.00. The lowest BCUT2D eigenvalue weighted by Gasteiger charge is -2.30. The molecule has 1 aromatic heterocycles. The van der Waals surface area contributed by atoms with E-state index in [2.05, 4.69) is 204 Å². The molecular formula is C52H42N2. The van der Waals surface area contributed by atoms with E-state index in [1.807, 2.05) is 13.8 Å². The Morgan fingerprint density at radius 1 is 0.407 bits per heavy atom. The van der Waals surface area contributed by atoms with Crippen molar-refractivity contribution in [1.82, 2.24) is 4.57 Å². The molecule has 1 aliphatic rings. The second-order valence-electron chi connectivity index (χ2n) is 13.7. The number of anilines is 2. The molecule has 0 amide bonds. The van der Waals surface area contributed by atoms with E-state index in [1.54, 1.807) is 0 Å². The zero-order valence-electron chi connectivity index (χ0n) is 30.8. The van der Waals surface area contributed by atoms with Crippen LogP contribution in [0, 0.1) is 0 Å². The average molecular weight is 695 g/mol. The molecule has 2 nitrogen and oxygen atoms in total. The number of benzene rings is 8. The van der Waals surface area contributed by atoms with E-state index >= 15 is 0 Å². The van der Waals surface area contributed by atoms with Gasteiger partial charge in [-0.25, -0.2) is 0 Å². The van der Waals surface area contributed by atoms with Crippen molar-refractivity contribution in [1.29, 1.82) is 0 Å². The highest BCUT2D eigenvalue weighted by molar-refractivity contribution is 6.11. The summed E-state index contributed by atoms with van der Waals surface area (Å²) >= 11 is 0. The first-order chi connectivity index (χ1) is 26.8. The number of para-hydroxylation sites is 2. The van der Waals surface area contributed by atoms with E-state index in [-0.39, 0.29) is 0 Å². The van der Waals surface area contributed by atoms with Crippen LogP contribution in [0.4, 0.5) is 11.4 Å². The quantitative estimate of drug-likeness (QED) is 0.157. The summed E-state index contributed by atoms with van der Waals surface area (Å²) in [5, 5.41) is 7.61. The van der Waals surface area contributed by atoms with Crippen LogP contribution in [0.3, 0.4) is 0 Å². The lowest BCUT2D eigenvalue weighted by molar-refractivity contribution is 0.930. The highest BCUT2D eigenvalue weighted by Gasteiger charge is 2.20. The molecule has 0 saturated heterocycles. The van der Waals surface area contributed by atoms with E-state index in [0.29, 0.717) is 0 Å². The third-order valence-electron chi connectivity index (χ3n) is 10.7. The van der Waals surface area contributed by atoms with Crippen LogP contribution >= 0.6 is 0 Å². The lowest BCUT2D eigenvalue weighted by atomic mass is 9.94. The molecule has 0 saturated carbocycles. The fourth-order valence-corrected chi connectivity index (χ4v) is 8.12. The van der Waals surface area contributed by atoms with Gasteiger partial charge < -0.3 is 9.47 Å². The molecule has 1 aliphatic carbocycles. The molecule has 260 valence electrons. The molecule has 8 aromatic carbocycles. The molecule has 0 spiro atoms. The van der Waals surface area contributed by atoms with Gasteiger partial charge in [0.25, 0.3) is 0 Å². The van der Waals surface area contributed by atoms with E-state index in [9.17, 15) is 0 Å². The van der Waals surface area contributed by atoms with Crippen molar-refractivity contribution in [2.24, 2.45) is 0 Å². The average Bonchev–Trinajstić information content (AvgIpc) is 3.59. The van der Waals surface area contributed by atoms with Gasteiger partial charge in [0.1, 0.15) is 0 Å². The largest absolute Gasteiger partial charge is 0.314 e. The third-order valence-corrected chi connectivity index (χ3v) is 10.7. The van der Waals surface area contributed by atoms with Crippen molar-refractivity contribution >= 4 is 60.3 Å². The van der Waals surface area contributed by atoms with Crippen molar-refractivity contribution in [3.8, 4) is 16.8 Å². The maximum Gasteiger partial charge on any atom is 0.0547 e. The zero-order valence-corrected chi connectivity index (χ0v) is 30.8. The van der Waals surface area contributed by atoms with Crippen molar-refractivity contribution in [2.45, 2.75) is 26.7 Å². The van der Waals surface area contributed by atoms with Gasteiger partial charge in [0, 0.05) is 33.5 Å². The van der Waals surface area contributed by atoms with Gasteiger partial charge >= 0.3 is 0 Å². The van der Waals surface area contributed by atoms with Crippen molar-refractivity contribution in [2.75, 3.05) is 4.90 Å². The maximum atomic E-state index is 2.46. The normalized spacial score (nSPS) is 12.7. The molecule has 0 N–H and O–H groups in total. The topological polar surface area (TPSA) is 8.17 Å². The number of aromatic nitrogens is 1. The van der Waals surface area contributed by atoms with Gasteiger partial charge in [0.05, 0.1) is 11.0 Å². The minimum absolute atomic E-state index is 0.955. The summed E-state index contributed by atoms with van der Waals surface area (Å²) in [4.78, 5) is 2.46. The van der Waals surface area contributed by atoms with Crippen LogP contribution in [0.15, 0.2) is 200 Å². The Labute approximate surface area is 317 Å². The maximum absolute atomic E-state index is 2.46. The highest BCUT2D eigenvalue weighted by Crippen LogP contribution is 2.40. The number of hydrogen-bond donors (Lipinski definition) is 0. The SMILES string of the molecule is C1=C(c2ccccc2)CCC(N(c2ccc(-c3ccc4c5ccccc5n(-c5ccccc5)c4c3)cc2)c2ccc3ccc4ccccc4c3c2)=C1.CC. The minimum Gasteiger partial charge on any atom is -0.314 e. The predicted molar refractivity (Wildman–Crippen MR) is 233 cm³/mol. The first kappa shape index (κ1) is 33.2. The summed E-state index contributed by atoms with van der Waals surface area (Å²) < 4.78 is 2.39. The number of allylic oxidation sites excluding steroid dienone is 4. The molecule has 0 unspecified atom stereocenters. The van der Waals surface area contributed by atoms with Crippen molar-refractivity contribution in [3.05, 3.63) is 205 Å². The Bertz CT molecular complexity index is 2820. The number of fused-ring (bicyclic) bond motifs is 6. The molecule has 54 heavy (non-hydrogen) atoms. The van der Waals surface area contributed by atoms with E-state index in [4.69, 9.17) is 0 Å². The van der Waals surface area contributed by atoms with E-state index < -0.39 is 0 Å². The summed E-state index contributed by atoms with van der Waals surface area (Å²) in [5.74, 6) is 0. The Morgan fingerprint density at radius 3 is 1.78 bits per heavy atom. The van der Waals surface area contributed by atoms with Crippen LogP contribution in [0.1, 0.15) is 32.3 Å². The fourth-order valence-electron chi connectivity index (χ4n) is 8.12. The van der Waals surface area contributed by atoms with Crippen LogP contribution in [-0.2, 0) is 0 Å². The molecule has 0 bridgehead atoms. The molecule has 0 aliphatic heterocycles. The molecule has 2 heteroatoms. The fraction of sp³-hybridized carbons (Fsp3) is 0.0769. The van der Waals surface area contributed by atoms with Crippen LogP contribution in [0.25, 0.3) is 65.7 Å². The molecule has 10 rings (SSSR count).